The predicted octanol–water partition coefficient (Wildman–Crippen LogP) is 1.89. The van der Waals surface area contributed by atoms with Crippen molar-refractivity contribution in [1.82, 2.24) is 20.8 Å². The molecule has 1 aromatic heterocycles. The summed E-state index contributed by atoms with van der Waals surface area (Å²) in [5.41, 5.74) is 1.43. The van der Waals surface area contributed by atoms with E-state index >= 15 is 0 Å². The van der Waals surface area contributed by atoms with Gasteiger partial charge in [-0.25, -0.2) is 0 Å². The van der Waals surface area contributed by atoms with Gasteiger partial charge < -0.3 is 15.2 Å². The summed E-state index contributed by atoms with van der Waals surface area (Å²) in [6, 6.07) is 7.35. The summed E-state index contributed by atoms with van der Waals surface area (Å²) in [5.74, 6) is 0.423. The van der Waals surface area contributed by atoms with Gasteiger partial charge in [-0.1, -0.05) is 24.2 Å². The summed E-state index contributed by atoms with van der Waals surface area (Å²) in [6.45, 7) is 5.55. The SMILES string of the molecule is CCN[C@H](C)CNC(=O)c1ccc(-c2ncon2)cc1.Cl. The maximum atomic E-state index is 12.0. The molecule has 2 rings (SSSR count). The zero-order chi connectivity index (χ0) is 14.4. The molecule has 6 nitrogen and oxygen atoms in total. The summed E-state index contributed by atoms with van der Waals surface area (Å²) in [7, 11) is 0. The van der Waals surface area contributed by atoms with E-state index in [-0.39, 0.29) is 24.4 Å². The van der Waals surface area contributed by atoms with Crippen molar-refractivity contribution < 1.29 is 9.32 Å². The van der Waals surface area contributed by atoms with Crippen LogP contribution in [0.1, 0.15) is 24.2 Å². The summed E-state index contributed by atoms with van der Waals surface area (Å²) in [6.07, 6.45) is 1.28. The van der Waals surface area contributed by atoms with Gasteiger partial charge in [-0.15, -0.1) is 12.4 Å². The number of hydrogen-bond donors (Lipinski definition) is 2. The molecule has 1 heterocycles. The summed E-state index contributed by atoms with van der Waals surface area (Å²) < 4.78 is 4.69. The molecule has 0 spiro atoms. The number of hydrogen-bond acceptors (Lipinski definition) is 5. The number of aromatic nitrogens is 2. The Morgan fingerprint density at radius 1 is 1.33 bits per heavy atom. The molecule has 114 valence electrons. The largest absolute Gasteiger partial charge is 0.350 e. The number of rotatable bonds is 6. The van der Waals surface area contributed by atoms with Crippen molar-refractivity contribution in [1.29, 1.82) is 0 Å². The van der Waals surface area contributed by atoms with Crippen LogP contribution in [0.5, 0.6) is 0 Å². The Balaban J connectivity index is 0.00000220. The third-order valence-electron chi connectivity index (χ3n) is 2.89. The van der Waals surface area contributed by atoms with Gasteiger partial charge in [0, 0.05) is 23.7 Å². The number of likely N-dealkylation sites (N-methyl/N-ethyl adjacent to an activating group) is 1. The van der Waals surface area contributed by atoms with E-state index in [0.717, 1.165) is 12.1 Å². The quantitative estimate of drug-likeness (QED) is 0.851. The van der Waals surface area contributed by atoms with Gasteiger partial charge in [0.15, 0.2) is 0 Å². The van der Waals surface area contributed by atoms with E-state index in [0.29, 0.717) is 17.9 Å². The van der Waals surface area contributed by atoms with Gasteiger partial charge in [-0.3, -0.25) is 4.79 Å². The van der Waals surface area contributed by atoms with Crippen molar-refractivity contribution in [2.24, 2.45) is 0 Å². The van der Waals surface area contributed by atoms with E-state index in [1.165, 1.54) is 6.39 Å². The average Bonchev–Trinajstić information content (AvgIpc) is 2.99. The van der Waals surface area contributed by atoms with Crippen LogP contribution in [0.15, 0.2) is 35.2 Å². The number of halogens is 1. The second-order valence-electron chi connectivity index (χ2n) is 4.50. The van der Waals surface area contributed by atoms with Crippen molar-refractivity contribution in [3.63, 3.8) is 0 Å². The van der Waals surface area contributed by atoms with E-state index in [9.17, 15) is 4.79 Å². The number of nitrogens with zero attached hydrogens (tertiary/aromatic N) is 2. The lowest BCUT2D eigenvalue weighted by atomic mass is 10.1. The molecule has 0 radical (unpaired) electrons. The Hall–Kier alpha value is -1.92. The molecular weight excluding hydrogens is 292 g/mol. The summed E-state index contributed by atoms with van der Waals surface area (Å²) in [5, 5.41) is 9.87. The number of carbonyl (C=O) groups is 1. The van der Waals surface area contributed by atoms with Crippen molar-refractivity contribution in [3.05, 3.63) is 36.2 Å². The Labute approximate surface area is 129 Å². The number of carbonyl (C=O) groups excluding carboxylic acids is 1. The molecule has 0 aliphatic carbocycles. The van der Waals surface area contributed by atoms with E-state index in [4.69, 9.17) is 0 Å². The fraction of sp³-hybridized carbons (Fsp3) is 0.357. The summed E-state index contributed by atoms with van der Waals surface area (Å²) in [4.78, 5) is 15.9. The average molecular weight is 311 g/mol. The van der Waals surface area contributed by atoms with Crippen LogP contribution in [0.25, 0.3) is 11.4 Å². The fourth-order valence-electron chi connectivity index (χ4n) is 1.84. The molecule has 0 aliphatic rings. The lowest BCUT2D eigenvalue weighted by molar-refractivity contribution is 0.0950. The van der Waals surface area contributed by atoms with Crippen LogP contribution in [0.3, 0.4) is 0 Å². The van der Waals surface area contributed by atoms with E-state index < -0.39 is 0 Å². The van der Waals surface area contributed by atoms with Gasteiger partial charge in [-0.2, -0.15) is 4.98 Å². The van der Waals surface area contributed by atoms with Crippen LogP contribution < -0.4 is 10.6 Å². The van der Waals surface area contributed by atoms with Crippen molar-refractivity contribution in [3.8, 4) is 11.4 Å². The van der Waals surface area contributed by atoms with Crippen LogP contribution in [0.4, 0.5) is 0 Å². The molecule has 7 heteroatoms. The minimum Gasteiger partial charge on any atom is -0.350 e. The standard InChI is InChI=1S/C14H18N4O2.ClH/c1-3-15-10(2)8-16-14(19)12-6-4-11(5-7-12)13-17-9-20-18-13;/h4-7,9-10,15H,3,8H2,1-2H3,(H,16,19);1H/t10-;/m1./s1. The second-order valence-corrected chi connectivity index (χ2v) is 4.50. The first kappa shape index (κ1) is 17.1. The maximum absolute atomic E-state index is 12.0. The van der Waals surface area contributed by atoms with Gasteiger partial charge in [-0.05, 0) is 25.6 Å². The van der Waals surface area contributed by atoms with Crippen LogP contribution >= 0.6 is 12.4 Å². The monoisotopic (exact) mass is 310 g/mol. The lowest BCUT2D eigenvalue weighted by Gasteiger charge is -2.13. The molecule has 1 atom stereocenters. The molecule has 2 aromatic rings. The molecule has 0 bridgehead atoms. The fourth-order valence-corrected chi connectivity index (χ4v) is 1.84. The minimum atomic E-state index is -0.0885. The number of amides is 1. The highest BCUT2D eigenvalue weighted by Crippen LogP contribution is 2.14. The first-order valence-electron chi connectivity index (χ1n) is 6.59. The number of benzene rings is 1. The molecular formula is C14H19ClN4O2. The predicted molar refractivity (Wildman–Crippen MR) is 82.5 cm³/mol. The van der Waals surface area contributed by atoms with E-state index in [1.807, 2.05) is 13.8 Å². The topological polar surface area (TPSA) is 80.0 Å². The van der Waals surface area contributed by atoms with Gasteiger partial charge in [0.25, 0.3) is 5.91 Å². The smallest absolute Gasteiger partial charge is 0.251 e. The molecule has 0 aliphatic heterocycles. The van der Waals surface area contributed by atoms with E-state index in [2.05, 4.69) is 25.3 Å². The molecule has 1 amide bonds. The Bertz CT molecular complexity index is 543. The van der Waals surface area contributed by atoms with Gasteiger partial charge >= 0.3 is 0 Å². The van der Waals surface area contributed by atoms with Gasteiger partial charge in [0.2, 0.25) is 12.2 Å². The zero-order valence-electron chi connectivity index (χ0n) is 12.0. The first-order valence-corrected chi connectivity index (χ1v) is 6.59. The van der Waals surface area contributed by atoms with Crippen LogP contribution in [0.2, 0.25) is 0 Å². The van der Waals surface area contributed by atoms with Gasteiger partial charge in [0.05, 0.1) is 0 Å². The van der Waals surface area contributed by atoms with Crippen LogP contribution in [-0.4, -0.2) is 35.2 Å². The minimum absolute atomic E-state index is 0. The Morgan fingerprint density at radius 3 is 2.62 bits per heavy atom. The highest BCUT2D eigenvalue weighted by molar-refractivity contribution is 5.94. The summed E-state index contributed by atoms with van der Waals surface area (Å²) >= 11 is 0. The van der Waals surface area contributed by atoms with Crippen LogP contribution in [-0.2, 0) is 0 Å². The number of nitrogens with one attached hydrogen (secondary N) is 2. The second kappa shape index (κ2) is 8.39. The van der Waals surface area contributed by atoms with Crippen molar-refractivity contribution in [2.45, 2.75) is 19.9 Å². The van der Waals surface area contributed by atoms with Gasteiger partial charge in [0.1, 0.15) is 0 Å². The molecule has 2 N–H and O–H groups in total. The van der Waals surface area contributed by atoms with Crippen molar-refractivity contribution in [2.75, 3.05) is 13.1 Å². The third-order valence-corrected chi connectivity index (χ3v) is 2.89. The maximum Gasteiger partial charge on any atom is 0.251 e. The molecule has 0 unspecified atom stereocenters. The van der Waals surface area contributed by atoms with E-state index in [1.54, 1.807) is 24.3 Å². The van der Waals surface area contributed by atoms with Crippen molar-refractivity contribution >= 4 is 18.3 Å². The highest BCUT2D eigenvalue weighted by atomic mass is 35.5. The molecule has 21 heavy (non-hydrogen) atoms. The molecule has 0 fully saturated rings. The Morgan fingerprint density at radius 2 is 2.05 bits per heavy atom. The normalized spacial score (nSPS) is 11.5. The molecule has 0 saturated carbocycles. The molecule has 1 aromatic carbocycles. The molecule has 0 saturated heterocycles. The zero-order valence-corrected chi connectivity index (χ0v) is 12.8. The third kappa shape index (κ3) is 4.84. The highest BCUT2D eigenvalue weighted by Gasteiger charge is 2.08. The first-order chi connectivity index (χ1) is 9.70. The lowest BCUT2D eigenvalue weighted by Crippen LogP contribution is -2.38. The Kier molecular flexibility index (Phi) is 6.84. The van der Waals surface area contributed by atoms with Crippen LogP contribution in [0, 0.1) is 0 Å².